The van der Waals surface area contributed by atoms with Crippen molar-refractivity contribution in [3.63, 3.8) is 0 Å². The van der Waals surface area contributed by atoms with Gasteiger partial charge in [0.1, 0.15) is 5.69 Å². The zero-order valence-corrected chi connectivity index (χ0v) is 13.1. The standard InChI is InChI=1S/C16H16ClN3O2/c1-3-22-16(21)13-9-12(17)14(10(2)18)15(20-13)19-11-7-5-4-6-8-11/h4-9,18H,3H2,1-2H3,(H,19,20)/p+1. The topological polar surface area (TPSA) is 79.7 Å². The van der Waals surface area contributed by atoms with Crippen molar-refractivity contribution in [1.29, 1.82) is 5.41 Å². The number of carbonyl (C=O) groups excluding carboxylic acids is 1. The Morgan fingerprint density at radius 1 is 1.36 bits per heavy atom. The fourth-order valence-corrected chi connectivity index (χ4v) is 2.37. The summed E-state index contributed by atoms with van der Waals surface area (Å²) >= 11 is 6.23. The molecule has 0 bridgehead atoms. The van der Waals surface area contributed by atoms with E-state index in [9.17, 15) is 4.79 Å². The lowest BCUT2D eigenvalue weighted by atomic mass is 10.1. The van der Waals surface area contributed by atoms with E-state index in [4.69, 9.17) is 21.7 Å². The Labute approximate surface area is 133 Å². The van der Waals surface area contributed by atoms with E-state index in [1.165, 1.54) is 6.07 Å². The first-order chi connectivity index (χ1) is 10.5. The molecule has 0 radical (unpaired) electrons. The molecule has 0 spiro atoms. The van der Waals surface area contributed by atoms with Crippen molar-refractivity contribution < 1.29 is 14.8 Å². The molecule has 3 N–H and O–H groups in total. The number of para-hydroxylation sites is 1. The van der Waals surface area contributed by atoms with E-state index >= 15 is 0 Å². The summed E-state index contributed by atoms with van der Waals surface area (Å²) in [6, 6.07) is 11.0. The maximum Gasteiger partial charge on any atom is 0.357 e. The van der Waals surface area contributed by atoms with Crippen LogP contribution in [-0.2, 0) is 4.74 Å². The molecule has 0 amide bonds. The highest BCUT2D eigenvalue weighted by atomic mass is 35.5. The monoisotopic (exact) mass is 318 g/mol. The molecule has 0 unspecified atom stereocenters. The maximum absolute atomic E-state index is 11.9. The summed E-state index contributed by atoms with van der Waals surface area (Å²) in [5.41, 5.74) is 1.85. The number of hydrogen-bond donors (Lipinski definition) is 2. The Morgan fingerprint density at radius 2 is 2.05 bits per heavy atom. The van der Waals surface area contributed by atoms with E-state index in [-0.39, 0.29) is 18.0 Å². The summed E-state index contributed by atoms with van der Waals surface area (Å²) < 4.78 is 4.96. The minimum Gasteiger partial charge on any atom is -0.461 e. The highest BCUT2D eigenvalue weighted by Crippen LogP contribution is 2.23. The number of benzene rings is 1. The molecule has 0 fully saturated rings. The van der Waals surface area contributed by atoms with E-state index in [1.807, 2.05) is 30.3 Å². The number of carbonyl (C=O) groups is 1. The number of esters is 1. The highest BCUT2D eigenvalue weighted by Gasteiger charge is 2.21. The van der Waals surface area contributed by atoms with Crippen LogP contribution in [0.3, 0.4) is 0 Å². The van der Waals surface area contributed by atoms with Gasteiger partial charge in [0.15, 0.2) is 5.69 Å². The Bertz CT molecular complexity index is 702. The van der Waals surface area contributed by atoms with Crippen molar-refractivity contribution in [3.8, 4) is 0 Å². The van der Waals surface area contributed by atoms with E-state index in [2.05, 4.69) is 4.98 Å². The maximum atomic E-state index is 11.9. The molecule has 1 aromatic carbocycles. The molecular weight excluding hydrogens is 302 g/mol. The van der Waals surface area contributed by atoms with Crippen molar-refractivity contribution in [3.05, 3.63) is 52.7 Å². The number of rotatable bonds is 5. The summed E-state index contributed by atoms with van der Waals surface area (Å²) in [5.74, 6) is -0.0458. The molecule has 0 saturated heterocycles. The predicted molar refractivity (Wildman–Crippen MR) is 85.4 cm³/mol. The van der Waals surface area contributed by atoms with Gasteiger partial charge < -0.3 is 10.1 Å². The minimum absolute atomic E-state index is 0.138. The quantitative estimate of drug-likeness (QED) is 0.505. The molecule has 0 aliphatic heterocycles. The predicted octanol–water partition coefficient (Wildman–Crippen LogP) is 2.83. The minimum atomic E-state index is -0.527. The number of pyridine rings is 1. The first-order valence-electron chi connectivity index (χ1n) is 6.86. The van der Waals surface area contributed by atoms with Crippen LogP contribution in [0, 0.1) is 5.41 Å². The van der Waals surface area contributed by atoms with Crippen molar-refractivity contribution in [2.24, 2.45) is 0 Å². The molecule has 114 valence electrons. The molecule has 2 aromatic rings. The van der Waals surface area contributed by atoms with Gasteiger partial charge in [-0.15, -0.1) is 0 Å². The number of quaternary nitrogens is 1. The SMILES string of the molecule is CCOC(=O)c1cc(Cl)c(C(C)=N)c([NH2+]c2ccccc2)n1. The van der Waals surface area contributed by atoms with Gasteiger partial charge in [-0.05, 0) is 32.0 Å². The third kappa shape index (κ3) is 3.69. The van der Waals surface area contributed by atoms with E-state index in [1.54, 1.807) is 19.2 Å². The van der Waals surface area contributed by atoms with Crippen LogP contribution in [0.1, 0.15) is 29.9 Å². The van der Waals surface area contributed by atoms with Gasteiger partial charge in [-0.2, -0.15) is 4.98 Å². The first-order valence-corrected chi connectivity index (χ1v) is 7.23. The summed E-state index contributed by atoms with van der Waals surface area (Å²) in [6.45, 7) is 3.63. The third-order valence-corrected chi connectivity index (χ3v) is 3.26. The average Bonchev–Trinajstić information content (AvgIpc) is 2.47. The van der Waals surface area contributed by atoms with Gasteiger partial charge >= 0.3 is 5.97 Å². The lowest BCUT2D eigenvalue weighted by molar-refractivity contribution is -0.483. The van der Waals surface area contributed by atoms with Gasteiger partial charge in [0.05, 0.1) is 17.2 Å². The van der Waals surface area contributed by atoms with Gasteiger partial charge in [0.25, 0.3) is 0 Å². The van der Waals surface area contributed by atoms with Crippen molar-refractivity contribution in [2.45, 2.75) is 13.8 Å². The summed E-state index contributed by atoms with van der Waals surface area (Å²) in [5, 5.41) is 9.99. The molecule has 6 heteroatoms. The first kappa shape index (κ1) is 16.1. The number of nitrogens with two attached hydrogens (primary N) is 1. The summed E-state index contributed by atoms with van der Waals surface area (Å²) in [4.78, 5) is 16.2. The molecule has 2 rings (SSSR count). The van der Waals surface area contributed by atoms with Crippen LogP contribution in [0.4, 0.5) is 11.5 Å². The van der Waals surface area contributed by atoms with Crippen LogP contribution in [0.25, 0.3) is 0 Å². The van der Waals surface area contributed by atoms with Gasteiger partial charge in [0.2, 0.25) is 5.82 Å². The number of halogens is 1. The van der Waals surface area contributed by atoms with Gasteiger partial charge in [-0.25, -0.2) is 4.79 Å². The Kier molecular flexibility index (Phi) is 5.25. The van der Waals surface area contributed by atoms with Crippen LogP contribution in [-0.4, -0.2) is 23.3 Å². The molecule has 5 nitrogen and oxygen atoms in total. The lowest BCUT2D eigenvalue weighted by Crippen LogP contribution is -2.72. The van der Waals surface area contributed by atoms with Crippen LogP contribution in [0.15, 0.2) is 36.4 Å². The van der Waals surface area contributed by atoms with Crippen molar-refractivity contribution >= 4 is 34.8 Å². The zero-order chi connectivity index (χ0) is 16.1. The molecule has 1 aromatic heterocycles. The summed E-state index contributed by atoms with van der Waals surface area (Å²) in [6.07, 6.45) is 0. The van der Waals surface area contributed by atoms with E-state index in [0.29, 0.717) is 16.4 Å². The number of nitrogens with zero attached hydrogens (tertiary/aromatic N) is 1. The number of hydrogen-bond acceptors (Lipinski definition) is 4. The molecular formula is C16H17ClN3O2+. The Balaban J connectivity index is 2.48. The summed E-state index contributed by atoms with van der Waals surface area (Å²) in [7, 11) is 0. The fourth-order valence-electron chi connectivity index (χ4n) is 2.02. The lowest BCUT2D eigenvalue weighted by Gasteiger charge is -2.09. The molecule has 0 saturated carbocycles. The number of aromatic nitrogens is 1. The largest absolute Gasteiger partial charge is 0.461 e. The van der Waals surface area contributed by atoms with Crippen LogP contribution in [0.2, 0.25) is 5.02 Å². The van der Waals surface area contributed by atoms with Gasteiger partial charge in [-0.3, -0.25) is 5.32 Å². The molecule has 0 aliphatic rings. The van der Waals surface area contributed by atoms with Crippen molar-refractivity contribution in [1.82, 2.24) is 4.98 Å². The van der Waals surface area contributed by atoms with Crippen LogP contribution >= 0.6 is 11.6 Å². The second kappa shape index (κ2) is 7.15. The molecule has 0 atom stereocenters. The van der Waals surface area contributed by atoms with E-state index < -0.39 is 5.97 Å². The van der Waals surface area contributed by atoms with Crippen molar-refractivity contribution in [2.75, 3.05) is 6.61 Å². The van der Waals surface area contributed by atoms with Gasteiger partial charge in [-0.1, -0.05) is 29.8 Å². The second-order valence-corrected chi connectivity index (χ2v) is 5.06. The molecule has 22 heavy (non-hydrogen) atoms. The third-order valence-electron chi connectivity index (χ3n) is 2.96. The van der Waals surface area contributed by atoms with Gasteiger partial charge in [0, 0.05) is 5.71 Å². The smallest absolute Gasteiger partial charge is 0.357 e. The molecule has 0 aliphatic carbocycles. The number of nitrogens with one attached hydrogen (secondary N) is 1. The van der Waals surface area contributed by atoms with E-state index in [0.717, 1.165) is 5.69 Å². The fraction of sp³-hybridized carbons (Fsp3) is 0.188. The van der Waals surface area contributed by atoms with Crippen LogP contribution in [0.5, 0.6) is 0 Å². The normalized spacial score (nSPS) is 10.3. The zero-order valence-electron chi connectivity index (χ0n) is 12.4. The Hall–Kier alpha value is -2.24. The highest BCUT2D eigenvalue weighted by molar-refractivity contribution is 6.34. The number of ether oxygens (including phenoxy) is 1. The second-order valence-electron chi connectivity index (χ2n) is 4.65. The Morgan fingerprint density at radius 3 is 2.64 bits per heavy atom. The van der Waals surface area contributed by atoms with Crippen LogP contribution < -0.4 is 5.32 Å². The molecule has 1 heterocycles. The average molecular weight is 319 g/mol.